The van der Waals surface area contributed by atoms with Crippen molar-refractivity contribution in [1.82, 2.24) is 30.4 Å². The zero-order valence-corrected chi connectivity index (χ0v) is 21.6. The van der Waals surface area contributed by atoms with Crippen LogP contribution in [0.4, 0.5) is 0 Å². The maximum absolute atomic E-state index is 4.77. The predicted octanol–water partition coefficient (Wildman–Crippen LogP) is 4.14. The van der Waals surface area contributed by atoms with Crippen LogP contribution in [0.1, 0.15) is 55.4 Å². The highest BCUT2D eigenvalue weighted by Gasteiger charge is 2.14. The first-order valence-electron chi connectivity index (χ1n) is 11.7. The van der Waals surface area contributed by atoms with Gasteiger partial charge in [-0.1, -0.05) is 18.6 Å². The van der Waals surface area contributed by atoms with Gasteiger partial charge in [0.1, 0.15) is 11.6 Å². The zero-order chi connectivity index (χ0) is 21.5. The fourth-order valence-electron chi connectivity index (χ4n) is 4.32. The third-order valence-electron chi connectivity index (χ3n) is 5.97. The Morgan fingerprint density at radius 3 is 2.94 bits per heavy atom. The van der Waals surface area contributed by atoms with Crippen LogP contribution in [0, 0.1) is 6.92 Å². The lowest BCUT2D eigenvalue weighted by Gasteiger charge is -2.11. The first kappa shape index (κ1) is 24.5. The van der Waals surface area contributed by atoms with Gasteiger partial charge < -0.3 is 20.2 Å². The number of fused-ring (bicyclic) bond motifs is 2. The molecule has 0 aliphatic carbocycles. The van der Waals surface area contributed by atoms with Crippen molar-refractivity contribution in [3.8, 4) is 0 Å². The Hall–Kier alpha value is -2.10. The van der Waals surface area contributed by atoms with E-state index in [1.807, 2.05) is 0 Å². The summed E-state index contributed by atoms with van der Waals surface area (Å²) in [6, 6.07) is 6.58. The number of hydrogen-bond acceptors (Lipinski definition) is 3. The molecule has 2 aromatic heterocycles. The van der Waals surface area contributed by atoms with Crippen molar-refractivity contribution in [3.05, 3.63) is 47.2 Å². The summed E-state index contributed by atoms with van der Waals surface area (Å²) >= 11 is 0. The second kappa shape index (κ2) is 12.2. The molecule has 0 spiro atoms. The molecule has 1 aromatic carbocycles. The Bertz CT molecular complexity index is 1020. The van der Waals surface area contributed by atoms with E-state index in [4.69, 9.17) is 4.99 Å². The number of H-pyrrole nitrogens is 1. The van der Waals surface area contributed by atoms with Crippen molar-refractivity contribution in [2.45, 2.75) is 65.3 Å². The highest BCUT2D eigenvalue weighted by molar-refractivity contribution is 14.0. The minimum Gasteiger partial charge on any atom is -0.361 e. The average molecular weight is 550 g/mol. The maximum atomic E-state index is 4.77. The first-order valence-corrected chi connectivity index (χ1v) is 11.7. The van der Waals surface area contributed by atoms with Crippen LogP contribution in [-0.4, -0.2) is 45.3 Å². The molecule has 8 heteroatoms. The van der Waals surface area contributed by atoms with Gasteiger partial charge in [0.2, 0.25) is 0 Å². The third kappa shape index (κ3) is 6.24. The van der Waals surface area contributed by atoms with Gasteiger partial charge in [-0.3, -0.25) is 4.99 Å². The van der Waals surface area contributed by atoms with Crippen molar-refractivity contribution in [2.24, 2.45) is 4.99 Å². The molecule has 1 aliphatic heterocycles. The van der Waals surface area contributed by atoms with Gasteiger partial charge in [0, 0.05) is 56.1 Å². The topological polar surface area (TPSA) is 82.9 Å². The van der Waals surface area contributed by atoms with E-state index in [1.165, 1.54) is 47.1 Å². The van der Waals surface area contributed by atoms with Crippen molar-refractivity contribution in [2.75, 3.05) is 19.6 Å². The van der Waals surface area contributed by atoms with Gasteiger partial charge in [0.05, 0.1) is 0 Å². The predicted molar refractivity (Wildman–Crippen MR) is 142 cm³/mol. The maximum Gasteiger partial charge on any atom is 0.191 e. The molecule has 32 heavy (non-hydrogen) atoms. The van der Waals surface area contributed by atoms with Crippen LogP contribution >= 0.6 is 24.0 Å². The molecular weight excluding hydrogens is 513 g/mol. The minimum atomic E-state index is 0. The number of aryl methyl sites for hydroxylation is 3. The summed E-state index contributed by atoms with van der Waals surface area (Å²) < 4.78 is 2.34. The second-order valence-corrected chi connectivity index (χ2v) is 8.40. The molecule has 0 fully saturated rings. The molecule has 0 saturated heterocycles. The molecule has 3 heterocycles. The lowest BCUT2D eigenvalue weighted by atomic mass is 10.1. The fraction of sp³-hybridized carbons (Fsp3) is 0.542. The summed E-state index contributed by atoms with van der Waals surface area (Å²) in [5.41, 5.74) is 3.83. The molecule has 3 aromatic rings. The van der Waals surface area contributed by atoms with E-state index in [0.717, 1.165) is 63.6 Å². The van der Waals surface area contributed by atoms with E-state index in [1.54, 1.807) is 0 Å². The van der Waals surface area contributed by atoms with Gasteiger partial charge in [-0.25, -0.2) is 0 Å². The third-order valence-corrected chi connectivity index (χ3v) is 5.97. The number of benzene rings is 1. The van der Waals surface area contributed by atoms with Gasteiger partial charge in [-0.05, 0) is 56.7 Å². The van der Waals surface area contributed by atoms with E-state index in [9.17, 15) is 0 Å². The molecule has 174 valence electrons. The molecule has 0 unspecified atom stereocenters. The summed E-state index contributed by atoms with van der Waals surface area (Å²) in [7, 11) is 0. The summed E-state index contributed by atoms with van der Waals surface area (Å²) in [6.45, 7) is 7.78. The molecule has 0 saturated carbocycles. The van der Waals surface area contributed by atoms with Crippen molar-refractivity contribution in [1.29, 1.82) is 0 Å². The van der Waals surface area contributed by atoms with Gasteiger partial charge >= 0.3 is 0 Å². The van der Waals surface area contributed by atoms with E-state index in [2.05, 4.69) is 68.6 Å². The van der Waals surface area contributed by atoms with Gasteiger partial charge in [0.25, 0.3) is 0 Å². The van der Waals surface area contributed by atoms with E-state index >= 15 is 0 Å². The Labute approximate surface area is 207 Å². The number of aromatic amines is 1. The molecule has 3 N–H and O–H groups in total. The highest BCUT2D eigenvalue weighted by atomic mass is 127. The Morgan fingerprint density at radius 1 is 1.16 bits per heavy atom. The first-order chi connectivity index (χ1) is 15.2. The highest BCUT2D eigenvalue weighted by Crippen LogP contribution is 2.19. The molecule has 1 aliphatic rings. The van der Waals surface area contributed by atoms with Gasteiger partial charge in [-0.15, -0.1) is 34.2 Å². The van der Waals surface area contributed by atoms with Crippen LogP contribution in [0.3, 0.4) is 0 Å². The van der Waals surface area contributed by atoms with Crippen molar-refractivity contribution in [3.63, 3.8) is 0 Å². The monoisotopic (exact) mass is 549 g/mol. The van der Waals surface area contributed by atoms with Crippen LogP contribution in [0.15, 0.2) is 29.4 Å². The molecule has 0 amide bonds. The van der Waals surface area contributed by atoms with Crippen LogP contribution in [-0.2, 0) is 25.8 Å². The SMILES string of the molecule is CCNC(=NCCCc1nnc2n1CCCCC2)NCCc1c[nH]c2cc(C)ccc12.I. The van der Waals surface area contributed by atoms with Gasteiger partial charge in [0.15, 0.2) is 5.96 Å². The Kier molecular flexibility index (Phi) is 9.37. The molecule has 7 nitrogen and oxygen atoms in total. The summed E-state index contributed by atoms with van der Waals surface area (Å²) in [5, 5.41) is 17.0. The number of halogens is 1. The average Bonchev–Trinajstić information content (AvgIpc) is 3.26. The number of guanidine groups is 1. The summed E-state index contributed by atoms with van der Waals surface area (Å²) in [5.74, 6) is 3.18. The number of hydrogen-bond donors (Lipinski definition) is 3. The smallest absolute Gasteiger partial charge is 0.191 e. The van der Waals surface area contributed by atoms with E-state index in [-0.39, 0.29) is 24.0 Å². The lowest BCUT2D eigenvalue weighted by molar-refractivity contribution is 0.597. The van der Waals surface area contributed by atoms with Gasteiger partial charge in [-0.2, -0.15) is 0 Å². The van der Waals surface area contributed by atoms with E-state index in [0.29, 0.717) is 0 Å². The van der Waals surface area contributed by atoms with Crippen LogP contribution < -0.4 is 10.6 Å². The number of aliphatic imine (C=N–C) groups is 1. The van der Waals surface area contributed by atoms with Crippen LogP contribution in [0.25, 0.3) is 10.9 Å². The quantitative estimate of drug-likeness (QED) is 0.171. The van der Waals surface area contributed by atoms with Crippen LogP contribution in [0.2, 0.25) is 0 Å². The number of nitrogens with one attached hydrogen (secondary N) is 3. The summed E-state index contributed by atoms with van der Waals surface area (Å²) in [4.78, 5) is 8.15. The largest absolute Gasteiger partial charge is 0.361 e. The summed E-state index contributed by atoms with van der Waals surface area (Å²) in [6.07, 6.45) is 9.83. The lowest BCUT2D eigenvalue weighted by Crippen LogP contribution is -2.38. The van der Waals surface area contributed by atoms with Crippen molar-refractivity contribution < 1.29 is 0 Å². The second-order valence-electron chi connectivity index (χ2n) is 8.40. The zero-order valence-electron chi connectivity index (χ0n) is 19.3. The fourth-order valence-corrected chi connectivity index (χ4v) is 4.32. The minimum absolute atomic E-state index is 0. The number of nitrogens with zero attached hydrogens (tertiary/aromatic N) is 4. The molecule has 0 radical (unpaired) electrons. The standard InChI is InChI=1S/C24H35N7.HI/c1-3-25-24(27-14-12-19-17-28-21-16-18(2)10-11-20(19)21)26-13-7-9-23-30-29-22-8-5-4-6-15-31(22)23;/h10-11,16-17,28H,3-9,12-15H2,1-2H3,(H2,25,26,27);1H. The number of rotatable bonds is 8. The normalized spacial score (nSPS) is 14.0. The molecule has 0 atom stereocenters. The molecular formula is C24H36IN7. The Morgan fingerprint density at radius 2 is 2.06 bits per heavy atom. The number of aromatic nitrogens is 4. The van der Waals surface area contributed by atoms with Crippen molar-refractivity contribution >= 4 is 40.8 Å². The van der Waals surface area contributed by atoms with Crippen LogP contribution in [0.5, 0.6) is 0 Å². The molecule has 0 bridgehead atoms. The van der Waals surface area contributed by atoms with E-state index < -0.39 is 0 Å². The molecule has 4 rings (SSSR count). The Balaban J connectivity index is 0.00000289.